The summed E-state index contributed by atoms with van der Waals surface area (Å²) in [6.45, 7) is 6.37. The number of rotatable bonds is 7. The standard InChI is InChI=1S/C30H33N5O2/c1-21-32-29(28(31)36)33-35(21)27-14-8-23(9-15-27)18-22-4-10-25(11-5-22)26-12-6-24(7-13-26)19-34-17-3-16-30(2,37)20-34/h4-15,37H,3,16-20H2,1-2H3,(H2,31,36)/t30-/m0/s1. The summed E-state index contributed by atoms with van der Waals surface area (Å²) in [4.78, 5) is 17.8. The minimum absolute atomic E-state index is 0.0209. The minimum Gasteiger partial charge on any atom is -0.389 e. The van der Waals surface area contributed by atoms with Gasteiger partial charge in [-0.3, -0.25) is 9.69 Å². The molecule has 2 heterocycles. The van der Waals surface area contributed by atoms with Crippen LogP contribution in [0.3, 0.4) is 0 Å². The highest BCUT2D eigenvalue weighted by Gasteiger charge is 2.28. The van der Waals surface area contributed by atoms with Gasteiger partial charge >= 0.3 is 0 Å². The number of aromatic nitrogens is 3. The van der Waals surface area contributed by atoms with Crippen molar-refractivity contribution >= 4 is 5.91 Å². The number of likely N-dealkylation sites (tertiary alicyclic amines) is 1. The highest BCUT2D eigenvalue weighted by molar-refractivity contribution is 5.88. The van der Waals surface area contributed by atoms with E-state index in [-0.39, 0.29) is 5.82 Å². The van der Waals surface area contributed by atoms with Crippen LogP contribution in [0.4, 0.5) is 0 Å². The number of piperidine rings is 1. The van der Waals surface area contributed by atoms with Crippen LogP contribution in [0.25, 0.3) is 16.8 Å². The van der Waals surface area contributed by atoms with E-state index in [9.17, 15) is 9.90 Å². The lowest BCUT2D eigenvalue weighted by Gasteiger charge is -2.36. The second kappa shape index (κ2) is 10.3. The first-order valence-corrected chi connectivity index (χ1v) is 12.7. The van der Waals surface area contributed by atoms with Crippen molar-refractivity contribution < 1.29 is 9.90 Å². The molecule has 190 valence electrons. The Kier molecular flexibility index (Phi) is 6.91. The highest BCUT2D eigenvalue weighted by Crippen LogP contribution is 2.25. The Morgan fingerprint density at radius 2 is 1.51 bits per heavy atom. The van der Waals surface area contributed by atoms with Crippen molar-refractivity contribution in [2.45, 2.75) is 45.3 Å². The zero-order valence-corrected chi connectivity index (χ0v) is 21.4. The van der Waals surface area contributed by atoms with Gasteiger partial charge in [-0.1, -0.05) is 60.7 Å². The van der Waals surface area contributed by atoms with Crippen LogP contribution in [0.1, 0.15) is 52.9 Å². The number of carbonyl (C=O) groups is 1. The molecular formula is C30H33N5O2. The smallest absolute Gasteiger partial charge is 0.288 e. The summed E-state index contributed by atoms with van der Waals surface area (Å²) in [6, 6.07) is 25.5. The van der Waals surface area contributed by atoms with Crippen LogP contribution in [-0.2, 0) is 13.0 Å². The van der Waals surface area contributed by atoms with Crippen molar-refractivity contribution in [3.63, 3.8) is 0 Å². The molecule has 1 aliphatic rings. The Balaban J connectivity index is 1.21. The molecule has 3 aromatic carbocycles. The summed E-state index contributed by atoms with van der Waals surface area (Å²) >= 11 is 0. The lowest BCUT2D eigenvalue weighted by molar-refractivity contribution is -0.0181. The molecule has 5 rings (SSSR count). The SMILES string of the molecule is Cc1nc(C(N)=O)nn1-c1ccc(Cc2ccc(-c3ccc(CN4CCC[C@](C)(O)C4)cc3)cc2)cc1. The van der Waals surface area contributed by atoms with E-state index in [0.717, 1.165) is 44.6 Å². The van der Waals surface area contributed by atoms with Gasteiger partial charge in [0.25, 0.3) is 5.91 Å². The largest absolute Gasteiger partial charge is 0.389 e. The van der Waals surface area contributed by atoms with Crippen molar-refractivity contribution in [2.24, 2.45) is 5.73 Å². The van der Waals surface area contributed by atoms with Crippen molar-refractivity contribution in [1.29, 1.82) is 0 Å². The molecule has 0 unspecified atom stereocenters. The maximum Gasteiger partial charge on any atom is 0.288 e. The zero-order chi connectivity index (χ0) is 26.0. The van der Waals surface area contributed by atoms with Gasteiger partial charge in [0.2, 0.25) is 5.82 Å². The van der Waals surface area contributed by atoms with Gasteiger partial charge in [0.15, 0.2) is 0 Å². The number of benzene rings is 3. The third-order valence-electron chi connectivity index (χ3n) is 6.98. The topological polar surface area (TPSA) is 97.3 Å². The molecule has 1 aliphatic heterocycles. The number of hydrogen-bond acceptors (Lipinski definition) is 5. The molecule has 0 radical (unpaired) electrons. The maximum absolute atomic E-state index is 11.4. The number of nitrogens with zero attached hydrogens (tertiary/aromatic N) is 4. The van der Waals surface area contributed by atoms with Crippen molar-refractivity contribution in [1.82, 2.24) is 19.7 Å². The molecular weight excluding hydrogens is 462 g/mol. The Labute approximate surface area is 217 Å². The molecule has 7 nitrogen and oxygen atoms in total. The molecule has 0 aliphatic carbocycles. The number of amides is 1. The fraction of sp³-hybridized carbons (Fsp3) is 0.300. The number of nitrogens with two attached hydrogens (primary N) is 1. The molecule has 7 heteroatoms. The van der Waals surface area contributed by atoms with Crippen LogP contribution in [-0.4, -0.2) is 49.4 Å². The van der Waals surface area contributed by atoms with E-state index in [0.29, 0.717) is 5.82 Å². The Bertz CT molecular complexity index is 1370. The zero-order valence-electron chi connectivity index (χ0n) is 21.4. The molecule has 1 amide bonds. The van der Waals surface area contributed by atoms with E-state index < -0.39 is 11.5 Å². The maximum atomic E-state index is 11.4. The first-order chi connectivity index (χ1) is 17.8. The van der Waals surface area contributed by atoms with Gasteiger partial charge < -0.3 is 10.8 Å². The second-order valence-corrected chi connectivity index (χ2v) is 10.3. The average molecular weight is 496 g/mol. The van der Waals surface area contributed by atoms with E-state index >= 15 is 0 Å². The van der Waals surface area contributed by atoms with Crippen molar-refractivity contribution in [3.8, 4) is 16.8 Å². The molecule has 1 atom stereocenters. The molecule has 0 spiro atoms. The van der Waals surface area contributed by atoms with Crippen LogP contribution < -0.4 is 5.73 Å². The monoisotopic (exact) mass is 495 g/mol. The predicted molar refractivity (Wildman–Crippen MR) is 144 cm³/mol. The fourth-order valence-electron chi connectivity index (χ4n) is 5.06. The third kappa shape index (κ3) is 5.96. The number of β-amino-alcohol motifs (C(OH)–C–C–N with tert-alkyl or cyclic N) is 1. The van der Waals surface area contributed by atoms with Gasteiger partial charge in [-0.05, 0) is 79.6 Å². The fourth-order valence-corrected chi connectivity index (χ4v) is 5.06. The van der Waals surface area contributed by atoms with Crippen molar-refractivity contribution in [3.05, 3.63) is 101 Å². The lowest BCUT2D eigenvalue weighted by Crippen LogP contribution is -2.45. The van der Waals surface area contributed by atoms with Gasteiger partial charge in [-0.2, -0.15) is 0 Å². The summed E-state index contributed by atoms with van der Waals surface area (Å²) in [6.07, 6.45) is 2.74. The average Bonchev–Trinajstić information content (AvgIpc) is 3.27. The molecule has 37 heavy (non-hydrogen) atoms. The van der Waals surface area contributed by atoms with Gasteiger partial charge in [0.05, 0.1) is 11.3 Å². The Morgan fingerprint density at radius 1 is 0.946 bits per heavy atom. The summed E-state index contributed by atoms with van der Waals surface area (Å²) in [5.74, 6) is 0.00266. The molecule has 3 N–H and O–H groups in total. The summed E-state index contributed by atoms with van der Waals surface area (Å²) < 4.78 is 1.63. The highest BCUT2D eigenvalue weighted by atomic mass is 16.3. The Hall–Kier alpha value is -3.81. The molecule has 1 aromatic heterocycles. The molecule has 0 bridgehead atoms. The van der Waals surface area contributed by atoms with Crippen LogP contribution in [0.15, 0.2) is 72.8 Å². The number of hydrogen-bond donors (Lipinski definition) is 2. The minimum atomic E-state index is -0.634. The predicted octanol–water partition coefficient (Wildman–Crippen LogP) is 4.28. The lowest BCUT2D eigenvalue weighted by atomic mass is 9.94. The number of carbonyl (C=O) groups excluding carboxylic acids is 1. The number of primary amides is 1. The third-order valence-corrected chi connectivity index (χ3v) is 6.98. The molecule has 1 saturated heterocycles. The normalized spacial score (nSPS) is 18.1. The van der Waals surface area contributed by atoms with E-state index in [1.807, 2.05) is 19.1 Å². The van der Waals surface area contributed by atoms with Crippen LogP contribution in [0.5, 0.6) is 0 Å². The summed E-state index contributed by atoms with van der Waals surface area (Å²) in [5, 5.41) is 14.5. The van der Waals surface area contributed by atoms with E-state index in [4.69, 9.17) is 5.73 Å². The van der Waals surface area contributed by atoms with Gasteiger partial charge in [0, 0.05) is 13.1 Å². The van der Waals surface area contributed by atoms with Gasteiger partial charge in [-0.15, -0.1) is 5.10 Å². The van der Waals surface area contributed by atoms with Crippen LogP contribution in [0, 0.1) is 6.92 Å². The molecule has 0 saturated carbocycles. The molecule has 4 aromatic rings. The van der Waals surface area contributed by atoms with Crippen LogP contribution in [0.2, 0.25) is 0 Å². The number of aryl methyl sites for hydroxylation is 1. The first-order valence-electron chi connectivity index (χ1n) is 12.7. The van der Waals surface area contributed by atoms with Gasteiger partial charge in [0.1, 0.15) is 5.82 Å². The van der Waals surface area contributed by atoms with Gasteiger partial charge in [-0.25, -0.2) is 9.67 Å². The Morgan fingerprint density at radius 3 is 2.05 bits per heavy atom. The van der Waals surface area contributed by atoms with Crippen molar-refractivity contribution in [2.75, 3.05) is 13.1 Å². The van der Waals surface area contributed by atoms with Crippen LogP contribution >= 0.6 is 0 Å². The summed E-state index contributed by atoms with van der Waals surface area (Å²) in [7, 11) is 0. The number of aliphatic hydroxyl groups is 1. The van der Waals surface area contributed by atoms with E-state index in [2.05, 4.69) is 75.6 Å². The summed E-state index contributed by atoms with van der Waals surface area (Å²) in [5.41, 5.74) is 11.6. The first kappa shape index (κ1) is 24.9. The van der Waals surface area contributed by atoms with E-state index in [1.54, 1.807) is 11.6 Å². The second-order valence-electron chi connectivity index (χ2n) is 10.3. The molecule has 1 fully saturated rings. The van der Waals surface area contributed by atoms with E-state index in [1.165, 1.54) is 27.8 Å². The quantitative estimate of drug-likeness (QED) is 0.399.